The van der Waals surface area contributed by atoms with E-state index in [1.807, 2.05) is 12.2 Å². The Balaban J connectivity index is 3.52. The van der Waals surface area contributed by atoms with E-state index < -0.39 is 18.2 Å². The molecule has 0 saturated carbocycles. The molecule has 0 fully saturated rings. The molecule has 0 aliphatic heterocycles. The van der Waals surface area contributed by atoms with Crippen LogP contribution in [0.2, 0.25) is 0 Å². The molecule has 0 aliphatic rings. The number of carbonyl (C=O) groups is 1. The summed E-state index contributed by atoms with van der Waals surface area (Å²) in [5.41, 5.74) is 0. The van der Waals surface area contributed by atoms with E-state index >= 15 is 0 Å². The van der Waals surface area contributed by atoms with Crippen LogP contribution in [0.15, 0.2) is 37.0 Å². The average molecular weight is 324 g/mol. The van der Waals surface area contributed by atoms with Crippen molar-refractivity contribution in [3.05, 3.63) is 37.0 Å². The summed E-state index contributed by atoms with van der Waals surface area (Å²) in [5, 5.41) is 19.3. The van der Waals surface area contributed by atoms with Crippen molar-refractivity contribution >= 4 is 5.97 Å². The van der Waals surface area contributed by atoms with Crippen molar-refractivity contribution in [3.63, 3.8) is 0 Å². The third-order valence-electron chi connectivity index (χ3n) is 3.30. The van der Waals surface area contributed by atoms with Gasteiger partial charge in [0.05, 0.1) is 12.2 Å². The maximum Gasteiger partial charge on any atom is 0.302 e. The SMILES string of the molecule is C=CCCC=CCCCCCC=C[C@H](O)CC(O)COC(C)=O. The van der Waals surface area contributed by atoms with E-state index in [1.165, 1.54) is 19.8 Å². The summed E-state index contributed by atoms with van der Waals surface area (Å²) in [6, 6.07) is 0. The van der Waals surface area contributed by atoms with Crippen molar-refractivity contribution in [1.29, 1.82) is 0 Å². The highest BCUT2D eigenvalue weighted by atomic mass is 16.5. The van der Waals surface area contributed by atoms with Crippen LogP contribution >= 0.6 is 0 Å². The summed E-state index contributed by atoms with van der Waals surface area (Å²) in [6.07, 6.45) is 16.3. The summed E-state index contributed by atoms with van der Waals surface area (Å²) in [7, 11) is 0. The second-order valence-electron chi connectivity index (χ2n) is 5.66. The Bertz CT molecular complexity index is 360. The summed E-state index contributed by atoms with van der Waals surface area (Å²) in [5.74, 6) is -0.426. The number of hydrogen-bond acceptors (Lipinski definition) is 4. The van der Waals surface area contributed by atoms with Gasteiger partial charge in [0.2, 0.25) is 0 Å². The molecule has 0 amide bonds. The van der Waals surface area contributed by atoms with Gasteiger partial charge in [-0.2, -0.15) is 0 Å². The Morgan fingerprint density at radius 3 is 2.35 bits per heavy atom. The smallest absolute Gasteiger partial charge is 0.302 e. The molecule has 0 aromatic heterocycles. The lowest BCUT2D eigenvalue weighted by molar-refractivity contribution is -0.144. The fourth-order valence-electron chi connectivity index (χ4n) is 2.04. The molecule has 0 saturated heterocycles. The van der Waals surface area contributed by atoms with Crippen LogP contribution in [0.1, 0.15) is 58.3 Å². The first-order valence-electron chi connectivity index (χ1n) is 8.48. The van der Waals surface area contributed by atoms with Crippen molar-refractivity contribution in [2.75, 3.05) is 6.61 Å². The van der Waals surface area contributed by atoms with Crippen molar-refractivity contribution < 1.29 is 19.7 Å². The van der Waals surface area contributed by atoms with E-state index in [1.54, 1.807) is 6.08 Å². The summed E-state index contributed by atoms with van der Waals surface area (Å²) in [6.45, 7) is 4.91. The highest BCUT2D eigenvalue weighted by molar-refractivity contribution is 5.65. The number of unbranched alkanes of at least 4 members (excludes halogenated alkanes) is 5. The normalized spacial score (nSPS) is 14.2. The lowest BCUT2D eigenvalue weighted by atomic mass is 10.1. The number of hydrogen-bond donors (Lipinski definition) is 2. The monoisotopic (exact) mass is 324 g/mol. The van der Waals surface area contributed by atoms with Crippen LogP contribution in [0.3, 0.4) is 0 Å². The molecule has 0 radical (unpaired) electrons. The minimum absolute atomic E-state index is 0.0689. The van der Waals surface area contributed by atoms with Gasteiger partial charge in [-0.3, -0.25) is 4.79 Å². The number of carbonyl (C=O) groups excluding carboxylic acids is 1. The molecule has 0 aromatic rings. The molecule has 0 bridgehead atoms. The number of ether oxygens (including phenoxy) is 1. The highest BCUT2D eigenvalue weighted by Crippen LogP contribution is 2.07. The Morgan fingerprint density at radius 1 is 1.04 bits per heavy atom. The van der Waals surface area contributed by atoms with E-state index in [4.69, 9.17) is 0 Å². The largest absolute Gasteiger partial charge is 0.463 e. The van der Waals surface area contributed by atoms with Crippen LogP contribution in [-0.4, -0.2) is 35.0 Å². The maximum atomic E-state index is 10.6. The lowest BCUT2D eigenvalue weighted by Gasteiger charge is -2.12. The van der Waals surface area contributed by atoms with Gasteiger partial charge in [-0.05, 0) is 38.5 Å². The Hall–Kier alpha value is -1.39. The van der Waals surface area contributed by atoms with Crippen molar-refractivity contribution in [3.8, 4) is 0 Å². The van der Waals surface area contributed by atoms with Crippen LogP contribution in [-0.2, 0) is 9.53 Å². The number of allylic oxidation sites excluding steroid dienone is 4. The van der Waals surface area contributed by atoms with Gasteiger partial charge in [0.25, 0.3) is 0 Å². The Kier molecular flexibility index (Phi) is 14.6. The molecule has 0 heterocycles. The van der Waals surface area contributed by atoms with Gasteiger partial charge in [0.1, 0.15) is 6.61 Å². The van der Waals surface area contributed by atoms with Crippen molar-refractivity contribution in [1.82, 2.24) is 0 Å². The topological polar surface area (TPSA) is 66.8 Å². The van der Waals surface area contributed by atoms with E-state index in [0.29, 0.717) is 0 Å². The van der Waals surface area contributed by atoms with Crippen LogP contribution in [0.4, 0.5) is 0 Å². The molecule has 23 heavy (non-hydrogen) atoms. The van der Waals surface area contributed by atoms with Gasteiger partial charge < -0.3 is 14.9 Å². The number of aliphatic hydroxyl groups excluding tert-OH is 2. The molecule has 132 valence electrons. The quantitative estimate of drug-likeness (QED) is 0.290. The third-order valence-corrected chi connectivity index (χ3v) is 3.30. The summed E-state index contributed by atoms with van der Waals surface area (Å²) in [4.78, 5) is 10.6. The second-order valence-corrected chi connectivity index (χ2v) is 5.66. The molecule has 4 heteroatoms. The molecule has 1 unspecified atom stereocenters. The van der Waals surface area contributed by atoms with Crippen LogP contribution in [0.25, 0.3) is 0 Å². The van der Waals surface area contributed by atoms with Gasteiger partial charge in [-0.15, -0.1) is 6.58 Å². The van der Waals surface area contributed by atoms with E-state index in [9.17, 15) is 15.0 Å². The van der Waals surface area contributed by atoms with Crippen LogP contribution < -0.4 is 0 Å². The zero-order chi connectivity index (χ0) is 17.3. The molecule has 0 spiro atoms. The van der Waals surface area contributed by atoms with E-state index in [-0.39, 0.29) is 13.0 Å². The van der Waals surface area contributed by atoms with Gasteiger partial charge in [-0.25, -0.2) is 0 Å². The highest BCUT2D eigenvalue weighted by Gasteiger charge is 2.10. The molecular weight excluding hydrogens is 292 g/mol. The molecule has 2 N–H and O–H groups in total. The first-order valence-corrected chi connectivity index (χ1v) is 8.48. The minimum atomic E-state index is -0.827. The lowest BCUT2D eigenvalue weighted by Crippen LogP contribution is -2.22. The second kappa shape index (κ2) is 15.5. The number of aliphatic hydroxyl groups is 2. The summed E-state index contributed by atoms with van der Waals surface area (Å²) >= 11 is 0. The van der Waals surface area contributed by atoms with Crippen LogP contribution in [0.5, 0.6) is 0 Å². The van der Waals surface area contributed by atoms with Gasteiger partial charge >= 0.3 is 5.97 Å². The number of rotatable bonds is 14. The van der Waals surface area contributed by atoms with E-state index in [0.717, 1.165) is 32.1 Å². The molecule has 4 nitrogen and oxygen atoms in total. The zero-order valence-electron chi connectivity index (χ0n) is 14.3. The molecule has 0 aliphatic carbocycles. The van der Waals surface area contributed by atoms with Crippen molar-refractivity contribution in [2.24, 2.45) is 0 Å². The average Bonchev–Trinajstić information content (AvgIpc) is 2.50. The molecular formula is C19H32O4. The third kappa shape index (κ3) is 16.8. The minimum Gasteiger partial charge on any atom is -0.463 e. The number of esters is 1. The predicted molar refractivity (Wildman–Crippen MR) is 94.1 cm³/mol. The molecule has 0 rings (SSSR count). The van der Waals surface area contributed by atoms with Gasteiger partial charge in [0.15, 0.2) is 0 Å². The predicted octanol–water partition coefficient (Wildman–Crippen LogP) is 3.69. The first kappa shape index (κ1) is 21.6. The van der Waals surface area contributed by atoms with E-state index in [2.05, 4.69) is 23.5 Å². The van der Waals surface area contributed by atoms with Crippen molar-refractivity contribution in [2.45, 2.75) is 70.5 Å². The van der Waals surface area contributed by atoms with Gasteiger partial charge in [-0.1, -0.05) is 36.8 Å². The Labute approximate surface area is 140 Å². The fraction of sp³-hybridized carbons (Fsp3) is 0.632. The first-order chi connectivity index (χ1) is 11.1. The fourth-order valence-corrected chi connectivity index (χ4v) is 2.04. The Morgan fingerprint density at radius 2 is 1.70 bits per heavy atom. The molecule has 0 aromatic carbocycles. The molecule has 2 atom stereocenters. The zero-order valence-corrected chi connectivity index (χ0v) is 14.3. The van der Waals surface area contributed by atoms with Crippen LogP contribution in [0, 0.1) is 0 Å². The standard InChI is InChI=1S/C19H32O4/c1-3-4-5-6-7-8-9-10-11-12-13-14-18(21)15-19(22)16-23-17(2)20/h3,6-7,13-14,18-19,21-22H,1,4-5,8-12,15-16H2,2H3/t18-,19?/m0/s1. The van der Waals surface area contributed by atoms with Gasteiger partial charge in [0, 0.05) is 13.3 Å². The summed E-state index contributed by atoms with van der Waals surface area (Å²) < 4.78 is 4.68. The maximum absolute atomic E-state index is 10.6.